The molecule has 1 aliphatic heterocycles. The Morgan fingerprint density at radius 3 is 2.74 bits per heavy atom. The van der Waals surface area contributed by atoms with Gasteiger partial charge in [-0.3, -0.25) is 0 Å². The van der Waals surface area contributed by atoms with Crippen LogP contribution in [0.2, 0.25) is 0 Å². The molecule has 0 radical (unpaired) electrons. The zero-order chi connectivity index (χ0) is 13.8. The van der Waals surface area contributed by atoms with Crippen LogP contribution in [-0.2, 0) is 0 Å². The van der Waals surface area contributed by atoms with Crippen molar-refractivity contribution in [3.05, 3.63) is 34.3 Å². The van der Waals surface area contributed by atoms with Crippen molar-refractivity contribution in [2.24, 2.45) is 5.92 Å². The van der Waals surface area contributed by atoms with Gasteiger partial charge in [0.15, 0.2) is 0 Å². The standard InChI is InChI=1S/C15H21BrN2O/c1-11-4-3-9-18(10-11)15(19)17-12(2)13-5-7-14(16)8-6-13/h5-8,11-12H,3-4,9-10H2,1-2H3,(H,17,19). The van der Waals surface area contributed by atoms with E-state index in [-0.39, 0.29) is 12.1 Å². The predicted octanol–water partition coefficient (Wildman–Crippen LogP) is 3.95. The van der Waals surface area contributed by atoms with Crippen LogP contribution in [0.4, 0.5) is 4.79 Å². The molecular weight excluding hydrogens is 304 g/mol. The molecule has 1 N–H and O–H groups in total. The van der Waals surface area contributed by atoms with E-state index in [0.717, 1.165) is 29.5 Å². The van der Waals surface area contributed by atoms with Gasteiger partial charge in [0.05, 0.1) is 6.04 Å². The second kappa shape index (κ2) is 6.42. The lowest BCUT2D eigenvalue weighted by Gasteiger charge is -2.32. The molecule has 3 nitrogen and oxygen atoms in total. The Morgan fingerprint density at radius 2 is 2.11 bits per heavy atom. The molecule has 2 atom stereocenters. The van der Waals surface area contributed by atoms with Crippen molar-refractivity contribution in [1.82, 2.24) is 10.2 Å². The SMILES string of the molecule is CC1CCCN(C(=O)NC(C)c2ccc(Br)cc2)C1. The highest BCUT2D eigenvalue weighted by atomic mass is 79.9. The van der Waals surface area contributed by atoms with Crippen LogP contribution in [0.3, 0.4) is 0 Å². The summed E-state index contributed by atoms with van der Waals surface area (Å²) in [5, 5.41) is 3.08. The molecule has 1 aromatic rings. The minimum absolute atomic E-state index is 0.0397. The number of carbonyl (C=O) groups excluding carboxylic acids is 1. The van der Waals surface area contributed by atoms with E-state index in [2.05, 4.69) is 28.2 Å². The summed E-state index contributed by atoms with van der Waals surface area (Å²) < 4.78 is 1.06. The number of rotatable bonds is 2. The second-order valence-electron chi connectivity index (χ2n) is 5.42. The lowest BCUT2D eigenvalue weighted by atomic mass is 10.0. The molecule has 0 saturated carbocycles. The van der Waals surface area contributed by atoms with Gasteiger partial charge in [0.1, 0.15) is 0 Å². The first-order chi connectivity index (χ1) is 9.06. The molecule has 0 aromatic heterocycles. The number of hydrogen-bond donors (Lipinski definition) is 1. The van der Waals surface area contributed by atoms with Crippen LogP contribution >= 0.6 is 15.9 Å². The van der Waals surface area contributed by atoms with Gasteiger partial charge in [-0.05, 0) is 43.4 Å². The van der Waals surface area contributed by atoms with E-state index in [1.807, 2.05) is 36.1 Å². The first-order valence-electron chi connectivity index (χ1n) is 6.87. The van der Waals surface area contributed by atoms with Crippen molar-refractivity contribution >= 4 is 22.0 Å². The molecule has 1 fully saturated rings. The maximum atomic E-state index is 12.2. The highest BCUT2D eigenvalue weighted by Crippen LogP contribution is 2.19. The second-order valence-corrected chi connectivity index (χ2v) is 6.33. The zero-order valence-electron chi connectivity index (χ0n) is 11.5. The maximum Gasteiger partial charge on any atom is 0.317 e. The molecule has 1 aliphatic rings. The topological polar surface area (TPSA) is 32.3 Å². The van der Waals surface area contributed by atoms with Crippen LogP contribution in [0, 0.1) is 5.92 Å². The zero-order valence-corrected chi connectivity index (χ0v) is 13.1. The van der Waals surface area contributed by atoms with E-state index in [0.29, 0.717) is 5.92 Å². The first-order valence-corrected chi connectivity index (χ1v) is 7.66. The number of urea groups is 1. The summed E-state index contributed by atoms with van der Waals surface area (Å²) in [6.07, 6.45) is 2.34. The van der Waals surface area contributed by atoms with Crippen LogP contribution in [0.1, 0.15) is 38.3 Å². The van der Waals surface area contributed by atoms with E-state index in [1.54, 1.807) is 0 Å². The van der Waals surface area contributed by atoms with Gasteiger partial charge in [0.2, 0.25) is 0 Å². The Labute approximate surface area is 123 Å². The largest absolute Gasteiger partial charge is 0.331 e. The van der Waals surface area contributed by atoms with Gasteiger partial charge in [-0.25, -0.2) is 4.79 Å². The fourth-order valence-corrected chi connectivity index (χ4v) is 2.75. The summed E-state index contributed by atoms with van der Waals surface area (Å²) in [6.45, 7) is 5.98. The Bertz CT molecular complexity index is 432. The van der Waals surface area contributed by atoms with Crippen LogP contribution in [0.5, 0.6) is 0 Å². The molecule has 2 unspecified atom stereocenters. The lowest BCUT2D eigenvalue weighted by molar-refractivity contribution is 0.167. The number of hydrogen-bond acceptors (Lipinski definition) is 1. The predicted molar refractivity (Wildman–Crippen MR) is 81.1 cm³/mol. The molecular formula is C15H21BrN2O. The van der Waals surface area contributed by atoms with Crippen molar-refractivity contribution in [2.45, 2.75) is 32.7 Å². The number of piperidine rings is 1. The minimum atomic E-state index is 0.0397. The number of halogens is 1. The molecule has 1 saturated heterocycles. The van der Waals surface area contributed by atoms with E-state index in [9.17, 15) is 4.79 Å². The Hall–Kier alpha value is -1.03. The van der Waals surface area contributed by atoms with Crippen molar-refractivity contribution in [2.75, 3.05) is 13.1 Å². The smallest absolute Gasteiger partial charge is 0.317 e. The number of amides is 2. The molecule has 4 heteroatoms. The summed E-state index contributed by atoms with van der Waals surface area (Å²) in [5.74, 6) is 0.613. The fraction of sp³-hybridized carbons (Fsp3) is 0.533. The molecule has 2 amide bonds. The highest BCUT2D eigenvalue weighted by Gasteiger charge is 2.22. The molecule has 0 aliphatic carbocycles. The van der Waals surface area contributed by atoms with Crippen LogP contribution in [-0.4, -0.2) is 24.0 Å². The molecule has 19 heavy (non-hydrogen) atoms. The van der Waals surface area contributed by atoms with E-state index in [1.165, 1.54) is 6.42 Å². The molecule has 0 bridgehead atoms. The van der Waals surface area contributed by atoms with E-state index < -0.39 is 0 Å². The molecule has 1 aromatic carbocycles. The fourth-order valence-electron chi connectivity index (χ4n) is 2.49. The van der Waals surface area contributed by atoms with Crippen LogP contribution in [0.15, 0.2) is 28.7 Å². The molecule has 2 rings (SSSR count). The van der Waals surface area contributed by atoms with Gasteiger partial charge in [0.25, 0.3) is 0 Å². The third kappa shape index (κ3) is 3.96. The van der Waals surface area contributed by atoms with Gasteiger partial charge >= 0.3 is 6.03 Å². The van der Waals surface area contributed by atoms with Gasteiger partial charge in [-0.15, -0.1) is 0 Å². The summed E-state index contributed by atoms with van der Waals surface area (Å²) in [6, 6.07) is 8.17. The average Bonchev–Trinajstić information content (AvgIpc) is 2.39. The Balaban J connectivity index is 1.92. The summed E-state index contributed by atoms with van der Waals surface area (Å²) >= 11 is 3.42. The minimum Gasteiger partial charge on any atom is -0.331 e. The summed E-state index contributed by atoms with van der Waals surface area (Å²) in [7, 11) is 0. The third-order valence-electron chi connectivity index (χ3n) is 3.65. The van der Waals surface area contributed by atoms with Gasteiger partial charge < -0.3 is 10.2 Å². The van der Waals surface area contributed by atoms with Crippen molar-refractivity contribution in [3.63, 3.8) is 0 Å². The monoisotopic (exact) mass is 324 g/mol. The number of carbonyl (C=O) groups is 1. The van der Waals surface area contributed by atoms with Gasteiger partial charge in [-0.1, -0.05) is 35.0 Å². The van der Waals surface area contributed by atoms with E-state index >= 15 is 0 Å². The molecule has 1 heterocycles. The normalized spacial score (nSPS) is 21.0. The average molecular weight is 325 g/mol. The summed E-state index contributed by atoms with van der Waals surface area (Å²) in [4.78, 5) is 14.1. The summed E-state index contributed by atoms with van der Waals surface area (Å²) in [5.41, 5.74) is 1.13. The van der Waals surface area contributed by atoms with Gasteiger partial charge in [0, 0.05) is 17.6 Å². The van der Waals surface area contributed by atoms with Crippen molar-refractivity contribution in [1.29, 1.82) is 0 Å². The molecule has 104 valence electrons. The molecule has 0 spiro atoms. The number of benzene rings is 1. The lowest BCUT2D eigenvalue weighted by Crippen LogP contribution is -2.45. The first kappa shape index (κ1) is 14.4. The van der Waals surface area contributed by atoms with Crippen molar-refractivity contribution < 1.29 is 4.79 Å². The van der Waals surface area contributed by atoms with Gasteiger partial charge in [-0.2, -0.15) is 0 Å². The Morgan fingerprint density at radius 1 is 1.42 bits per heavy atom. The third-order valence-corrected chi connectivity index (χ3v) is 4.18. The van der Waals surface area contributed by atoms with Crippen LogP contribution in [0.25, 0.3) is 0 Å². The quantitative estimate of drug-likeness (QED) is 0.877. The highest BCUT2D eigenvalue weighted by molar-refractivity contribution is 9.10. The van der Waals surface area contributed by atoms with Crippen molar-refractivity contribution in [3.8, 4) is 0 Å². The number of nitrogens with one attached hydrogen (secondary N) is 1. The van der Waals surface area contributed by atoms with Crippen LogP contribution < -0.4 is 5.32 Å². The number of nitrogens with zero attached hydrogens (tertiary/aromatic N) is 1. The maximum absolute atomic E-state index is 12.2. The number of likely N-dealkylation sites (tertiary alicyclic amines) is 1. The Kier molecular flexibility index (Phi) is 4.86. The van der Waals surface area contributed by atoms with E-state index in [4.69, 9.17) is 0 Å².